The molecule has 1 aliphatic heterocycles. The van der Waals surface area contributed by atoms with Crippen LogP contribution >= 0.6 is 0 Å². The van der Waals surface area contributed by atoms with Gasteiger partial charge in [0.15, 0.2) is 17.0 Å². The third-order valence-corrected chi connectivity index (χ3v) is 2.77. The fourth-order valence-corrected chi connectivity index (χ4v) is 1.88. The van der Waals surface area contributed by atoms with Crippen molar-refractivity contribution in [1.29, 1.82) is 10.5 Å². The van der Waals surface area contributed by atoms with Gasteiger partial charge in [-0.25, -0.2) is 4.98 Å². The molecule has 0 amide bonds. The number of nitrogens with zero attached hydrogens (tertiary/aromatic N) is 3. The highest BCUT2D eigenvalue weighted by Gasteiger charge is 2.19. The Labute approximate surface area is 107 Å². The molecule has 1 heterocycles. The summed E-state index contributed by atoms with van der Waals surface area (Å²) in [7, 11) is 0. The molecule has 0 unspecified atom stereocenters. The van der Waals surface area contributed by atoms with Crippen LogP contribution in [0.15, 0.2) is 39.5 Å². The van der Waals surface area contributed by atoms with E-state index in [0.717, 1.165) is 0 Å². The SMILES string of the molecule is N#Cc1cc2oc3ccccc3nc-2c(=O)c1C#N. The molecule has 0 saturated heterocycles. The van der Waals surface area contributed by atoms with E-state index in [-0.39, 0.29) is 22.6 Å². The lowest BCUT2D eigenvalue weighted by molar-refractivity contribution is 0.612. The molecule has 19 heavy (non-hydrogen) atoms. The van der Waals surface area contributed by atoms with E-state index in [2.05, 4.69) is 4.98 Å². The van der Waals surface area contributed by atoms with Gasteiger partial charge in [0.25, 0.3) is 0 Å². The first-order valence-electron chi connectivity index (χ1n) is 5.41. The molecular formula is C14H5N3O2. The fraction of sp³-hybridized carbons (Fsp3) is 0. The lowest BCUT2D eigenvalue weighted by Gasteiger charge is -2.06. The van der Waals surface area contributed by atoms with Crippen molar-refractivity contribution in [2.24, 2.45) is 0 Å². The molecule has 0 saturated carbocycles. The molecule has 1 aromatic rings. The molecule has 3 rings (SSSR count). The van der Waals surface area contributed by atoms with Gasteiger partial charge in [-0.05, 0) is 12.1 Å². The van der Waals surface area contributed by atoms with Gasteiger partial charge in [-0.3, -0.25) is 4.79 Å². The highest BCUT2D eigenvalue weighted by Crippen LogP contribution is 2.24. The van der Waals surface area contributed by atoms with E-state index in [1.54, 1.807) is 30.3 Å². The van der Waals surface area contributed by atoms with Gasteiger partial charge in [0, 0.05) is 6.07 Å². The second-order valence-electron chi connectivity index (χ2n) is 3.88. The maximum Gasteiger partial charge on any atom is 0.227 e. The highest BCUT2D eigenvalue weighted by molar-refractivity contribution is 5.77. The summed E-state index contributed by atoms with van der Waals surface area (Å²) in [5.74, 6) is 0.208. The molecule has 0 atom stereocenters. The Kier molecular flexibility index (Phi) is 2.27. The predicted octanol–water partition coefficient (Wildman–Crippen LogP) is 2.04. The number of hydrogen-bond donors (Lipinski definition) is 0. The molecule has 5 heteroatoms. The molecule has 2 aliphatic rings. The summed E-state index contributed by atoms with van der Waals surface area (Å²) in [6.07, 6.45) is 0. The van der Waals surface area contributed by atoms with Gasteiger partial charge >= 0.3 is 0 Å². The van der Waals surface area contributed by atoms with Gasteiger partial charge in [-0.15, -0.1) is 0 Å². The number of para-hydroxylation sites is 2. The van der Waals surface area contributed by atoms with Gasteiger partial charge in [-0.1, -0.05) is 12.1 Å². The van der Waals surface area contributed by atoms with Crippen LogP contribution < -0.4 is 5.43 Å². The largest absolute Gasteiger partial charge is 0.453 e. The summed E-state index contributed by atoms with van der Waals surface area (Å²) in [6, 6.07) is 11.9. The first kappa shape index (κ1) is 10.9. The molecule has 0 fully saturated rings. The van der Waals surface area contributed by atoms with E-state index in [9.17, 15) is 4.79 Å². The molecule has 88 valence electrons. The number of aromatic nitrogens is 1. The summed E-state index contributed by atoms with van der Waals surface area (Å²) >= 11 is 0. The van der Waals surface area contributed by atoms with Crippen LogP contribution in [-0.2, 0) is 0 Å². The van der Waals surface area contributed by atoms with Gasteiger partial charge in [0.2, 0.25) is 5.43 Å². The molecule has 0 spiro atoms. The minimum atomic E-state index is -0.578. The Balaban J connectivity index is 2.54. The molecule has 0 radical (unpaired) electrons. The van der Waals surface area contributed by atoms with Crippen molar-refractivity contribution < 1.29 is 4.42 Å². The second kappa shape index (κ2) is 3.94. The first-order chi connectivity index (χ1) is 9.24. The lowest BCUT2D eigenvalue weighted by atomic mass is 10.0. The van der Waals surface area contributed by atoms with E-state index in [0.29, 0.717) is 11.1 Å². The van der Waals surface area contributed by atoms with Crippen LogP contribution in [-0.4, -0.2) is 4.98 Å². The van der Waals surface area contributed by atoms with Crippen LogP contribution in [0.4, 0.5) is 0 Å². The Morgan fingerprint density at radius 2 is 1.95 bits per heavy atom. The molecule has 5 nitrogen and oxygen atoms in total. The lowest BCUT2D eigenvalue weighted by Crippen LogP contribution is -2.14. The molecule has 0 bridgehead atoms. The van der Waals surface area contributed by atoms with E-state index in [1.165, 1.54) is 6.07 Å². The van der Waals surface area contributed by atoms with Gasteiger partial charge in [0.1, 0.15) is 23.2 Å². The van der Waals surface area contributed by atoms with Gasteiger partial charge in [0.05, 0.1) is 5.56 Å². The number of rotatable bonds is 0. The summed E-state index contributed by atoms with van der Waals surface area (Å²) in [6.45, 7) is 0. The zero-order valence-electron chi connectivity index (χ0n) is 9.54. The van der Waals surface area contributed by atoms with Crippen molar-refractivity contribution in [2.75, 3.05) is 0 Å². The normalized spacial score (nSPS) is 10.2. The van der Waals surface area contributed by atoms with Crippen LogP contribution in [0.5, 0.6) is 0 Å². The predicted molar refractivity (Wildman–Crippen MR) is 66.3 cm³/mol. The van der Waals surface area contributed by atoms with Crippen LogP contribution in [0.25, 0.3) is 22.6 Å². The molecule has 1 aromatic carbocycles. The summed E-state index contributed by atoms with van der Waals surface area (Å²) in [5.41, 5.74) is 0.331. The number of hydrogen-bond acceptors (Lipinski definition) is 5. The molecule has 0 aromatic heterocycles. The van der Waals surface area contributed by atoms with Gasteiger partial charge in [-0.2, -0.15) is 10.5 Å². The van der Waals surface area contributed by atoms with Crippen molar-refractivity contribution >= 4 is 11.1 Å². The Bertz CT molecular complexity index is 913. The smallest absolute Gasteiger partial charge is 0.227 e. The van der Waals surface area contributed by atoms with Crippen molar-refractivity contribution in [2.45, 2.75) is 0 Å². The van der Waals surface area contributed by atoms with Crippen LogP contribution in [0.1, 0.15) is 11.1 Å². The Hall–Kier alpha value is -3.18. The van der Waals surface area contributed by atoms with E-state index >= 15 is 0 Å². The Morgan fingerprint density at radius 3 is 2.68 bits per heavy atom. The minimum Gasteiger partial charge on any atom is -0.453 e. The zero-order valence-corrected chi connectivity index (χ0v) is 9.54. The third-order valence-electron chi connectivity index (χ3n) is 2.77. The van der Waals surface area contributed by atoms with Crippen LogP contribution in [0.3, 0.4) is 0 Å². The molecule has 0 N–H and O–H groups in total. The van der Waals surface area contributed by atoms with Crippen molar-refractivity contribution in [3.63, 3.8) is 0 Å². The molecule has 1 aliphatic carbocycles. The third kappa shape index (κ3) is 1.54. The number of fused-ring (bicyclic) bond motifs is 2. The summed E-state index contributed by atoms with van der Waals surface area (Å²) in [5, 5.41) is 17.9. The molecular weight excluding hydrogens is 242 g/mol. The van der Waals surface area contributed by atoms with E-state index < -0.39 is 5.43 Å². The monoisotopic (exact) mass is 247 g/mol. The fourth-order valence-electron chi connectivity index (χ4n) is 1.88. The second-order valence-corrected chi connectivity index (χ2v) is 3.88. The topological polar surface area (TPSA) is 90.7 Å². The van der Waals surface area contributed by atoms with Crippen molar-refractivity contribution in [1.82, 2.24) is 4.98 Å². The minimum absolute atomic E-state index is 0.000770. The summed E-state index contributed by atoms with van der Waals surface area (Å²) in [4.78, 5) is 16.3. The Morgan fingerprint density at radius 1 is 1.16 bits per heavy atom. The average Bonchev–Trinajstić information content (AvgIpc) is 2.45. The quantitative estimate of drug-likeness (QED) is 0.567. The zero-order chi connectivity index (χ0) is 13.4. The van der Waals surface area contributed by atoms with E-state index in [4.69, 9.17) is 14.9 Å². The first-order valence-corrected chi connectivity index (χ1v) is 5.41. The van der Waals surface area contributed by atoms with Gasteiger partial charge < -0.3 is 4.42 Å². The van der Waals surface area contributed by atoms with Crippen molar-refractivity contribution in [3.8, 4) is 23.6 Å². The highest BCUT2D eigenvalue weighted by atomic mass is 16.3. The summed E-state index contributed by atoms with van der Waals surface area (Å²) < 4.78 is 5.55. The maximum atomic E-state index is 12.1. The number of benzene rings is 2. The van der Waals surface area contributed by atoms with Crippen LogP contribution in [0, 0.1) is 22.7 Å². The van der Waals surface area contributed by atoms with E-state index in [1.807, 2.05) is 6.07 Å². The average molecular weight is 247 g/mol. The standard InChI is InChI=1S/C14H5N3O2/c15-6-8-5-12-13(14(18)9(8)7-16)17-10-3-1-2-4-11(10)19-12/h1-5H. The number of nitriles is 2. The van der Waals surface area contributed by atoms with Crippen molar-refractivity contribution in [3.05, 3.63) is 51.7 Å². The maximum absolute atomic E-state index is 12.1. The van der Waals surface area contributed by atoms with Crippen LogP contribution in [0.2, 0.25) is 0 Å².